The van der Waals surface area contributed by atoms with Crippen molar-refractivity contribution in [3.05, 3.63) is 45.1 Å². The third kappa shape index (κ3) is 0.934. The number of hydrogen-bond donors (Lipinski definition) is 2. The Labute approximate surface area is 66.9 Å². The number of fused-ring (bicyclic) bond motifs is 1. The minimum atomic E-state index is -0.218. The van der Waals surface area contributed by atoms with Gasteiger partial charge in [-0.3, -0.25) is 9.59 Å². The number of H-pyrrole nitrogens is 2. The summed E-state index contributed by atoms with van der Waals surface area (Å²) < 4.78 is 0. The van der Waals surface area contributed by atoms with Gasteiger partial charge in [0.2, 0.25) is 5.56 Å². The average Bonchev–Trinajstić information content (AvgIpc) is 2.04. The lowest BCUT2D eigenvalue weighted by atomic mass is 10.3. The summed E-state index contributed by atoms with van der Waals surface area (Å²) in [6, 6.07) is 2.78. The van der Waals surface area contributed by atoms with Gasteiger partial charge in [0.05, 0.1) is 10.9 Å². The van der Waals surface area contributed by atoms with Gasteiger partial charge in [0.25, 0.3) is 0 Å². The van der Waals surface area contributed by atoms with Crippen molar-refractivity contribution < 1.29 is 0 Å². The van der Waals surface area contributed by atoms with Crippen molar-refractivity contribution >= 4 is 10.9 Å². The zero-order valence-corrected chi connectivity index (χ0v) is 6.13. The van der Waals surface area contributed by atoms with Crippen LogP contribution in [-0.4, -0.2) is 9.97 Å². The number of aromatic amines is 2. The molecular weight excluding hydrogens is 156 g/mol. The molecule has 4 nitrogen and oxygen atoms in total. The minimum Gasteiger partial charge on any atom is -0.361 e. The van der Waals surface area contributed by atoms with Gasteiger partial charge in [0, 0.05) is 24.5 Å². The second-order valence-corrected chi connectivity index (χ2v) is 2.47. The molecule has 2 aromatic heterocycles. The van der Waals surface area contributed by atoms with Crippen molar-refractivity contribution in [1.29, 1.82) is 0 Å². The summed E-state index contributed by atoms with van der Waals surface area (Å²) in [7, 11) is 0. The normalized spacial score (nSPS) is 10.3. The van der Waals surface area contributed by atoms with E-state index in [1.54, 1.807) is 0 Å². The molecule has 0 fully saturated rings. The number of nitrogens with one attached hydrogen (secondary N) is 2. The Morgan fingerprint density at radius 1 is 1.17 bits per heavy atom. The van der Waals surface area contributed by atoms with E-state index in [0.717, 1.165) is 0 Å². The van der Waals surface area contributed by atoms with Crippen LogP contribution in [0.1, 0.15) is 0 Å². The molecule has 0 aromatic carbocycles. The first-order chi connectivity index (χ1) is 5.77. The van der Waals surface area contributed by atoms with Gasteiger partial charge >= 0.3 is 0 Å². The van der Waals surface area contributed by atoms with Gasteiger partial charge in [-0.25, -0.2) is 0 Å². The molecule has 60 valence electrons. The van der Waals surface area contributed by atoms with Crippen molar-refractivity contribution in [2.24, 2.45) is 0 Å². The lowest BCUT2D eigenvalue weighted by Gasteiger charge is -1.92. The highest BCUT2D eigenvalue weighted by molar-refractivity contribution is 5.76. The summed E-state index contributed by atoms with van der Waals surface area (Å²) in [4.78, 5) is 27.2. The van der Waals surface area contributed by atoms with Crippen molar-refractivity contribution in [2.45, 2.75) is 0 Å². The van der Waals surface area contributed by atoms with E-state index < -0.39 is 0 Å². The number of rotatable bonds is 0. The Morgan fingerprint density at radius 3 is 2.83 bits per heavy atom. The first kappa shape index (κ1) is 6.84. The van der Waals surface area contributed by atoms with E-state index in [1.807, 2.05) is 0 Å². The van der Waals surface area contributed by atoms with E-state index in [4.69, 9.17) is 0 Å². The van der Waals surface area contributed by atoms with Crippen LogP contribution in [0.25, 0.3) is 10.9 Å². The van der Waals surface area contributed by atoms with Crippen LogP contribution in [0.4, 0.5) is 0 Å². The van der Waals surface area contributed by atoms with E-state index in [2.05, 4.69) is 9.97 Å². The smallest absolute Gasteiger partial charge is 0.250 e. The van der Waals surface area contributed by atoms with Crippen LogP contribution in [0.3, 0.4) is 0 Å². The molecule has 12 heavy (non-hydrogen) atoms. The molecule has 0 aliphatic rings. The Hall–Kier alpha value is -1.84. The maximum Gasteiger partial charge on any atom is 0.250 e. The van der Waals surface area contributed by atoms with Crippen LogP contribution in [0.5, 0.6) is 0 Å². The molecule has 2 heterocycles. The third-order valence-electron chi connectivity index (χ3n) is 1.66. The first-order valence-electron chi connectivity index (χ1n) is 3.47. The summed E-state index contributed by atoms with van der Waals surface area (Å²) in [5, 5.41) is 0.497. The first-order valence-corrected chi connectivity index (χ1v) is 3.47. The van der Waals surface area contributed by atoms with Crippen molar-refractivity contribution in [2.75, 3.05) is 0 Å². The topological polar surface area (TPSA) is 65.7 Å². The van der Waals surface area contributed by atoms with Crippen molar-refractivity contribution in [3.63, 3.8) is 0 Å². The van der Waals surface area contributed by atoms with Gasteiger partial charge in [-0.1, -0.05) is 0 Å². The van der Waals surface area contributed by atoms with Crippen LogP contribution in [-0.2, 0) is 0 Å². The Bertz CT molecular complexity index is 524. The highest BCUT2D eigenvalue weighted by Gasteiger charge is 1.96. The van der Waals surface area contributed by atoms with Gasteiger partial charge in [0.15, 0.2) is 5.43 Å². The molecule has 0 radical (unpaired) electrons. The maximum absolute atomic E-state index is 11.1. The molecule has 0 bridgehead atoms. The van der Waals surface area contributed by atoms with Crippen LogP contribution < -0.4 is 11.0 Å². The van der Waals surface area contributed by atoms with Gasteiger partial charge in [0.1, 0.15) is 0 Å². The predicted octanol–water partition coefficient (Wildman–Crippen LogP) is 0.216. The summed E-state index contributed by atoms with van der Waals surface area (Å²) in [5.74, 6) is 0. The SMILES string of the molecule is O=c1cc2[nH]ccc(=O)c2c[nH]1. The monoisotopic (exact) mass is 162 g/mol. The molecule has 0 amide bonds. The minimum absolute atomic E-state index is 0.0972. The molecule has 0 spiro atoms. The molecular formula is C8H6N2O2. The van der Waals surface area contributed by atoms with Crippen molar-refractivity contribution in [1.82, 2.24) is 9.97 Å². The lowest BCUT2D eigenvalue weighted by Crippen LogP contribution is -2.07. The van der Waals surface area contributed by atoms with Gasteiger partial charge in [-0.2, -0.15) is 0 Å². The summed E-state index contributed by atoms with van der Waals surface area (Å²) in [6.45, 7) is 0. The fraction of sp³-hybridized carbons (Fsp3) is 0. The molecule has 4 heteroatoms. The fourth-order valence-corrected chi connectivity index (χ4v) is 1.09. The highest BCUT2D eigenvalue weighted by atomic mass is 16.1. The molecule has 2 N–H and O–H groups in total. The Kier molecular flexibility index (Phi) is 1.33. The van der Waals surface area contributed by atoms with E-state index in [-0.39, 0.29) is 11.0 Å². The lowest BCUT2D eigenvalue weighted by molar-refractivity contribution is 1.24. The van der Waals surface area contributed by atoms with E-state index in [9.17, 15) is 9.59 Å². The highest BCUT2D eigenvalue weighted by Crippen LogP contribution is 1.98. The molecule has 2 rings (SSSR count). The molecule has 0 unspecified atom stereocenters. The van der Waals surface area contributed by atoms with Crippen LogP contribution in [0.15, 0.2) is 34.1 Å². The largest absolute Gasteiger partial charge is 0.361 e. The van der Waals surface area contributed by atoms with Crippen molar-refractivity contribution in [3.8, 4) is 0 Å². The van der Waals surface area contributed by atoms with Gasteiger partial charge < -0.3 is 9.97 Å². The van der Waals surface area contributed by atoms with Crippen LogP contribution in [0.2, 0.25) is 0 Å². The Balaban J connectivity index is 3.06. The fourth-order valence-electron chi connectivity index (χ4n) is 1.09. The molecule has 0 saturated carbocycles. The predicted molar refractivity (Wildman–Crippen MR) is 45.2 cm³/mol. The second kappa shape index (κ2) is 2.34. The van der Waals surface area contributed by atoms with E-state index in [0.29, 0.717) is 10.9 Å². The molecule has 2 aromatic rings. The zero-order valence-electron chi connectivity index (χ0n) is 6.13. The molecule has 0 atom stereocenters. The zero-order chi connectivity index (χ0) is 8.55. The molecule has 0 aliphatic heterocycles. The summed E-state index contributed by atoms with van der Waals surface area (Å²) in [6.07, 6.45) is 2.93. The molecule has 0 saturated heterocycles. The van der Waals surface area contributed by atoms with E-state index in [1.165, 1.54) is 24.5 Å². The third-order valence-corrected chi connectivity index (χ3v) is 1.66. The van der Waals surface area contributed by atoms with E-state index >= 15 is 0 Å². The summed E-state index contributed by atoms with van der Waals surface area (Å²) in [5.41, 5.74) is 0.246. The summed E-state index contributed by atoms with van der Waals surface area (Å²) >= 11 is 0. The maximum atomic E-state index is 11.1. The van der Waals surface area contributed by atoms with Crippen LogP contribution >= 0.6 is 0 Å². The standard InChI is InChI=1S/C8H6N2O2/c11-7-1-2-9-6-3-8(12)10-4-5(6)7/h1-4H,(H,9,11)(H,10,12). The van der Waals surface area contributed by atoms with Gasteiger partial charge in [-0.05, 0) is 0 Å². The van der Waals surface area contributed by atoms with Crippen LogP contribution in [0, 0.1) is 0 Å². The number of pyridine rings is 2. The van der Waals surface area contributed by atoms with Gasteiger partial charge in [-0.15, -0.1) is 0 Å². The number of aromatic nitrogens is 2. The average molecular weight is 162 g/mol. The quantitative estimate of drug-likeness (QED) is 0.581. The number of hydrogen-bond acceptors (Lipinski definition) is 2. The molecule has 0 aliphatic carbocycles. The Morgan fingerprint density at radius 2 is 2.00 bits per heavy atom. The second-order valence-electron chi connectivity index (χ2n) is 2.47.